The molecule has 0 bridgehead atoms. The number of ether oxygens (including phenoxy) is 1. The first-order chi connectivity index (χ1) is 19.3. The van der Waals surface area contributed by atoms with Crippen LogP contribution in [-0.4, -0.2) is 44.7 Å². The molecule has 9 nitrogen and oxygen atoms in total. The van der Waals surface area contributed by atoms with E-state index in [1.165, 1.54) is 7.11 Å². The number of sulfonamides is 1. The average Bonchev–Trinajstić information content (AvgIpc) is 2.97. The Hall–Kier alpha value is -4.02. The van der Waals surface area contributed by atoms with Gasteiger partial charge in [-0.15, -0.1) is 10.2 Å². The quantitative estimate of drug-likeness (QED) is 0.267. The minimum Gasteiger partial charge on any atom is -0.496 e. The van der Waals surface area contributed by atoms with Gasteiger partial charge in [-0.2, -0.15) is 0 Å². The fourth-order valence-electron chi connectivity index (χ4n) is 5.18. The third-order valence-electron chi connectivity index (χ3n) is 7.30. The average molecular weight is 560 g/mol. The number of benzene rings is 3. The predicted molar refractivity (Wildman–Crippen MR) is 157 cm³/mol. The van der Waals surface area contributed by atoms with Crippen LogP contribution < -0.4 is 20.1 Å². The van der Waals surface area contributed by atoms with Crippen LogP contribution in [-0.2, 0) is 10.0 Å². The van der Waals surface area contributed by atoms with E-state index in [0.717, 1.165) is 42.9 Å². The number of amides is 1. The van der Waals surface area contributed by atoms with Crippen LogP contribution in [0.5, 0.6) is 5.75 Å². The summed E-state index contributed by atoms with van der Waals surface area (Å²) in [6, 6.07) is 18.2. The maximum absolute atomic E-state index is 13.4. The van der Waals surface area contributed by atoms with Crippen LogP contribution in [0.3, 0.4) is 0 Å². The van der Waals surface area contributed by atoms with Gasteiger partial charge >= 0.3 is 0 Å². The number of carbonyl (C=O) groups excluding carboxylic acids is 1. The molecule has 4 aromatic rings. The summed E-state index contributed by atoms with van der Waals surface area (Å²) in [4.78, 5) is 12.6. The maximum atomic E-state index is 13.4. The molecule has 208 valence electrons. The molecule has 10 heteroatoms. The molecule has 0 spiro atoms. The molecule has 0 unspecified atom stereocenters. The Morgan fingerprint density at radius 1 is 0.950 bits per heavy atom. The second-order valence-corrected chi connectivity index (χ2v) is 11.7. The highest BCUT2D eigenvalue weighted by Gasteiger charge is 2.24. The Morgan fingerprint density at radius 3 is 2.42 bits per heavy atom. The highest BCUT2D eigenvalue weighted by atomic mass is 32.2. The Labute approximate surface area is 234 Å². The molecule has 3 N–H and O–H groups in total. The summed E-state index contributed by atoms with van der Waals surface area (Å²) in [7, 11) is -0.619. The number of carbonyl (C=O) groups is 1. The zero-order valence-electron chi connectivity index (χ0n) is 22.8. The van der Waals surface area contributed by atoms with Gasteiger partial charge in [-0.05, 0) is 49.6 Å². The van der Waals surface area contributed by atoms with Gasteiger partial charge in [0.2, 0.25) is 10.0 Å². The number of methoxy groups -OCH3 is 1. The fourth-order valence-corrected chi connectivity index (χ4v) is 6.76. The van der Waals surface area contributed by atoms with Crippen LogP contribution in [0, 0.1) is 6.92 Å². The monoisotopic (exact) mass is 559 g/mol. The minimum atomic E-state index is -3.70. The second kappa shape index (κ2) is 11.6. The highest BCUT2D eigenvalue weighted by molar-refractivity contribution is 7.89. The molecular weight excluding hydrogens is 526 g/mol. The summed E-state index contributed by atoms with van der Waals surface area (Å²) in [5, 5.41) is 16.5. The number of rotatable bonds is 8. The zero-order valence-corrected chi connectivity index (χ0v) is 23.6. The standard InChI is InChI=1S/C30H33N5O4S/c1-19-13-14-20(17-27(19)40(37,38)35-21-9-5-4-6-10-21)28-23-11-7-8-12-24(23)29(34-33-28)32-22-15-16-26(39-3)25(18-22)30(36)31-2/h7-8,11-18,21,35H,4-6,9-10H2,1-3H3,(H,31,36)(H,32,34). The lowest BCUT2D eigenvalue weighted by Crippen LogP contribution is -2.36. The first-order valence-electron chi connectivity index (χ1n) is 13.4. The number of anilines is 2. The molecule has 3 aromatic carbocycles. The number of fused-ring (bicyclic) bond motifs is 1. The minimum absolute atomic E-state index is 0.0327. The Balaban J connectivity index is 1.51. The van der Waals surface area contributed by atoms with E-state index in [4.69, 9.17) is 4.74 Å². The molecule has 0 atom stereocenters. The second-order valence-electron chi connectivity index (χ2n) is 10.00. The fraction of sp³-hybridized carbons (Fsp3) is 0.300. The van der Waals surface area contributed by atoms with Crippen LogP contribution in [0.1, 0.15) is 48.0 Å². The van der Waals surface area contributed by atoms with Gasteiger partial charge in [0.25, 0.3) is 5.91 Å². The lowest BCUT2D eigenvalue weighted by Gasteiger charge is -2.23. The van der Waals surface area contributed by atoms with E-state index in [0.29, 0.717) is 39.6 Å². The van der Waals surface area contributed by atoms with E-state index in [1.807, 2.05) is 36.4 Å². The first kappa shape index (κ1) is 27.5. The number of nitrogens with zero attached hydrogens (tertiary/aromatic N) is 2. The molecule has 0 radical (unpaired) electrons. The summed E-state index contributed by atoms with van der Waals surface area (Å²) < 4.78 is 35.0. The Bertz CT molecular complexity index is 1670. The van der Waals surface area contributed by atoms with E-state index in [-0.39, 0.29) is 16.8 Å². The van der Waals surface area contributed by atoms with Crippen LogP contribution >= 0.6 is 0 Å². The Morgan fingerprint density at radius 2 is 1.70 bits per heavy atom. The van der Waals surface area contributed by atoms with Crippen LogP contribution in [0.15, 0.2) is 65.6 Å². The smallest absolute Gasteiger partial charge is 0.254 e. The number of hydrogen-bond donors (Lipinski definition) is 3. The highest BCUT2D eigenvalue weighted by Crippen LogP contribution is 2.34. The van der Waals surface area contributed by atoms with Gasteiger partial charge in [0.1, 0.15) is 11.4 Å². The molecule has 1 heterocycles. The van der Waals surface area contributed by atoms with E-state index in [1.54, 1.807) is 38.2 Å². The normalized spacial score (nSPS) is 14.2. The molecular formula is C30H33N5O4S. The molecule has 0 saturated heterocycles. The van der Waals surface area contributed by atoms with Crippen molar-refractivity contribution in [1.82, 2.24) is 20.2 Å². The molecule has 1 fully saturated rings. The van der Waals surface area contributed by atoms with Crippen LogP contribution in [0.4, 0.5) is 11.5 Å². The van der Waals surface area contributed by atoms with E-state index >= 15 is 0 Å². The number of aromatic nitrogens is 2. The van der Waals surface area contributed by atoms with Gasteiger partial charge in [0, 0.05) is 35.1 Å². The van der Waals surface area contributed by atoms with Crippen molar-refractivity contribution in [2.75, 3.05) is 19.5 Å². The molecule has 5 rings (SSSR count). The first-order valence-corrected chi connectivity index (χ1v) is 14.8. The van der Waals surface area contributed by atoms with E-state index < -0.39 is 10.0 Å². The summed E-state index contributed by atoms with van der Waals surface area (Å²) in [6.45, 7) is 1.80. The van der Waals surface area contributed by atoms with Crippen molar-refractivity contribution in [2.45, 2.75) is 50.0 Å². The van der Waals surface area contributed by atoms with E-state index in [9.17, 15) is 13.2 Å². The molecule has 40 heavy (non-hydrogen) atoms. The Kier molecular flexibility index (Phi) is 7.99. The summed E-state index contributed by atoms with van der Waals surface area (Å²) in [5.74, 6) is 0.695. The van der Waals surface area contributed by atoms with Crippen molar-refractivity contribution in [3.63, 3.8) is 0 Å². The molecule has 1 aliphatic rings. The lowest BCUT2D eigenvalue weighted by atomic mass is 9.96. The number of hydrogen-bond acceptors (Lipinski definition) is 7. The molecule has 1 aromatic heterocycles. The SMILES string of the molecule is CNC(=O)c1cc(Nc2nnc(-c3ccc(C)c(S(=O)(=O)NC4CCCCC4)c3)c3ccccc23)ccc1OC. The van der Waals surface area contributed by atoms with Crippen LogP contribution in [0.25, 0.3) is 22.0 Å². The van der Waals surface area contributed by atoms with Crippen molar-refractivity contribution in [2.24, 2.45) is 0 Å². The number of aryl methyl sites for hydroxylation is 1. The van der Waals surface area contributed by atoms with Gasteiger partial charge < -0.3 is 15.4 Å². The number of nitrogens with one attached hydrogen (secondary N) is 3. The van der Waals surface area contributed by atoms with Crippen molar-refractivity contribution in [3.8, 4) is 17.0 Å². The largest absolute Gasteiger partial charge is 0.496 e. The molecule has 1 amide bonds. The van der Waals surface area contributed by atoms with E-state index in [2.05, 4.69) is 25.6 Å². The van der Waals surface area contributed by atoms with Gasteiger partial charge in [0.05, 0.1) is 17.6 Å². The lowest BCUT2D eigenvalue weighted by molar-refractivity contribution is 0.0960. The third-order valence-corrected chi connectivity index (χ3v) is 8.96. The van der Waals surface area contributed by atoms with Crippen LogP contribution in [0.2, 0.25) is 0 Å². The van der Waals surface area contributed by atoms with Gasteiger partial charge in [-0.25, -0.2) is 13.1 Å². The van der Waals surface area contributed by atoms with Crippen molar-refractivity contribution >= 4 is 38.2 Å². The van der Waals surface area contributed by atoms with Gasteiger partial charge in [0.15, 0.2) is 5.82 Å². The molecule has 0 aliphatic heterocycles. The van der Waals surface area contributed by atoms with Gasteiger partial charge in [-0.3, -0.25) is 4.79 Å². The zero-order chi connectivity index (χ0) is 28.3. The van der Waals surface area contributed by atoms with Crippen molar-refractivity contribution in [1.29, 1.82) is 0 Å². The topological polar surface area (TPSA) is 122 Å². The third kappa shape index (κ3) is 5.64. The molecule has 1 aliphatic carbocycles. The summed E-state index contributed by atoms with van der Waals surface area (Å²) in [5.41, 5.74) is 2.95. The maximum Gasteiger partial charge on any atom is 0.254 e. The van der Waals surface area contributed by atoms with Gasteiger partial charge in [-0.1, -0.05) is 55.7 Å². The summed E-state index contributed by atoms with van der Waals surface area (Å²) in [6.07, 6.45) is 4.95. The predicted octanol–water partition coefficient (Wildman–Crippen LogP) is 5.33. The summed E-state index contributed by atoms with van der Waals surface area (Å²) >= 11 is 0. The van der Waals surface area contributed by atoms with Crippen molar-refractivity contribution < 1.29 is 17.9 Å². The van der Waals surface area contributed by atoms with Crippen molar-refractivity contribution in [3.05, 3.63) is 71.8 Å². The molecule has 1 saturated carbocycles.